The van der Waals surface area contributed by atoms with Crippen molar-refractivity contribution in [2.75, 3.05) is 0 Å². The van der Waals surface area contributed by atoms with Crippen LogP contribution in [0.2, 0.25) is 0 Å². The summed E-state index contributed by atoms with van der Waals surface area (Å²) >= 11 is 0. The third-order valence-electron chi connectivity index (χ3n) is 3.63. The summed E-state index contributed by atoms with van der Waals surface area (Å²) < 4.78 is 0. The average Bonchev–Trinajstić information content (AvgIpc) is 2.29. The van der Waals surface area contributed by atoms with E-state index < -0.39 is 5.97 Å². The number of hydrogen-bond donors (Lipinski definition) is 2. The van der Waals surface area contributed by atoms with Gasteiger partial charge in [0.25, 0.3) is 0 Å². The Bertz CT molecular complexity index is 272. The number of rotatable bonds is 7. The van der Waals surface area contributed by atoms with Crippen molar-refractivity contribution in [3.8, 4) is 0 Å². The molecule has 0 heterocycles. The molecule has 1 aliphatic rings. The van der Waals surface area contributed by atoms with Gasteiger partial charge in [0.1, 0.15) is 0 Å². The van der Waals surface area contributed by atoms with E-state index in [4.69, 9.17) is 5.11 Å². The summed E-state index contributed by atoms with van der Waals surface area (Å²) in [4.78, 5) is 22.2. The number of nitrogens with one attached hydrogen (secondary N) is 1. The van der Waals surface area contributed by atoms with Crippen molar-refractivity contribution >= 4 is 11.9 Å². The van der Waals surface area contributed by atoms with Gasteiger partial charge in [0.2, 0.25) is 5.91 Å². The molecule has 1 fully saturated rings. The van der Waals surface area contributed by atoms with E-state index in [0.717, 1.165) is 6.42 Å². The van der Waals surface area contributed by atoms with Crippen LogP contribution in [0.5, 0.6) is 0 Å². The fourth-order valence-electron chi connectivity index (χ4n) is 2.62. The lowest BCUT2D eigenvalue weighted by molar-refractivity contribution is -0.137. The van der Waals surface area contributed by atoms with Gasteiger partial charge in [-0.25, -0.2) is 0 Å². The van der Waals surface area contributed by atoms with Crippen LogP contribution in [0.3, 0.4) is 0 Å². The van der Waals surface area contributed by atoms with Crippen molar-refractivity contribution in [1.29, 1.82) is 0 Å². The number of aliphatic carboxylic acids is 1. The lowest BCUT2D eigenvalue weighted by atomic mass is 9.87. The van der Waals surface area contributed by atoms with Gasteiger partial charge >= 0.3 is 5.97 Å². The zero-order valence-corrected chi connectivity index (χ0v) is 11.3. The van der Waals surface area contributed by atoms with Crippen molar-refractivity contribution in [2.24, 2.45) is 5.92 Å². The zero-order chi connectivity index (χ0) is 13.4. The highest BCUT2D eigenvalue weighted by Crippen LogP contribution is 2.26. The minimum Gasteiger partial charge on any atom is -0.481 e. The van der Waals surface area contributed by atoms with Crippen LogP contribution in [0.1, 0.15) is 64.7 Å². The summed E-state index contributed by atoms with van der Waals surface area (Å²) in [6.45, 7) is 1.95. The fourth-order valence-corrected chi connectivity index (χ4v) is 2.62. The number of hydrogen-bond acceptors (Lipinski definition) is 2. The highest BCUT2D eigenvalue weighted by atomic mass is 16.4. The second-order valence-corrected chi connectivity index (χ2v) is 5.46. The van der Waals surface area contributed by atoms with Crippen molar-refractivity contribution in [1.82, 2.24) is 5.32 Å². The molecular formula is C14H25NO3. The fraction of sp³-hybridized carbons (Fsp3) is 0.857. The summed E-state index contributed by atoms with van der Waals surface area (Å²) in [5.41, 5.74) is 0. The Balaban J connectivity index is 2.12. The van der Waals surface area contributed by atoms with Gasteiger partial charge in [-0.1, -0.05) is 19.3 Å². The minimum atomic E-state index is -0.768. The number of carboxylic acids is 1. The zero-order valence-electron chi connectivity index (χ0n) is 11.3. The number of amides is 1. The van der Waals surface area contributed by atoms with Gasteiger partial charge in [0.15, 0.2) is 0 Å². The molecule has 1 saturated carbocycles. The van der Waals surface area contributed by atoms with E-state index in [1.165, 1.54) is 32.1 Å². The molecule has 1 rings (SSSR count). The number of carbonyl (C=O) groups is 2. The van der Waals surface area contributed by atoms with Crippen LogP contribution in [-0.4, -0.2) is 23.0 Å². The summed E-state index contributed by atoms with van der Waals surface area (Å²) in [6.07, 6.45) is 8.37. The standard InChI is InChI=1S/C14H25NO3/c1-11(6-5-9-14(17)18)15-13(16)10-12-7-3-2-4-8-12/h11-12H,2-10H2,1H3,(H,15,16)(H,17,18). The van der Waals surface area contributed by atoms with Gasteiger partial charge in [-0.3, -0.25) is 9.59 Å². The molecule has 104 valence electrons. The first-order valence-electron chi connectivity index (χ1n) is 7.09. The molecule has 0 bridgehead atoms. The quantitative estimate of drug-likeness (QED) is 0.735. The van der Waals surface area contributed by atoms with Crippen molar-refractivity contribution in [3.05, 3.63) is 0 Å². The van der Waals surface area contributed by atoms with Crippen LogP contribution in [0, 0.1) is 5.92 Å². The minimum absolute atomic E-state index is 0.0837. The maximum absolute atomic E-state index is 11.8. The lowest BCUT2D eigenvalue weighted by Crippen LogP contribution is -2.34. The second kappa shape index (κ2) is 8.11. The van der Waals surface area contributed by atoms with E-state index >= 15 is 0 Å². The molecule has 1 atom stereocenters. The largest absolute Gasteiger partial charge is 0.481 e. The van der Waals surface area contributed by atoms with Gasteiger partial charge in [0, 0.05) is 18.9 Å². The smallest absolute Gasteiger partial charge is 0.303 e. The first-order chi connectivity index (χ1) is 8.58. The summed E-state index contributed by atoms with van der Waals surface area (Å²) in [5.74, 6) is -0.0783. The average molecular weight is 255 g/mol. The molecule has 0 aromatic heterocycles. The predicted octanol–water partition coefficient (Wildman–Crippen LogP) is 2.72. The molecule has 4 nitrogen and oxygen atoms in total. The Labute approximate surface area is 109 Å². The Morgan fingerprint density at radius 3 is 2.56 bits per heavy atom. The molecule has 1 amide bonds. The molecule has 2 N–H and O–H groups in total. The van der Waals surface area contributed by atoms with E-state index in [1.54, 1.807) is 0 Å². The van der Waals surface area contributed by atoms with Crippen molar-refractivity contribution in [3.63, 3.8) is 0 Å². The molecule has 0 aliphatic heterocycles. The molecule has 0 aromatic carbocycles. The third kappa shape index (κ3) is 6.62. The highest BCUT2D eigenvalue weighted by Gasteiger charge is 2.17. The van der Waals surface area contributed by atoms with E-state index in [1.807, 2.05) is 6.92 Å². The lowest BCUT2D eigenvalue weighted by Gasteiger charge is -2.22. The summed E-state index contributed by atoms with van der Waals surface area (Å²) in [5, 5.41) is 11.5. The second-order valence-electron chi connectivity index (χ2n) is 5.46. The third-order valence-corrected chi connectivity index (χ3v) is 3.63. The number of carboxylic acid groups (broad SMARTS) is 1. The Morgan fingerprint density at radius 1 is 1.28 bits per heavy atom. The molecule has 0 saturated heterocycles. The Morgan fingerprint density at radius 2 is 1.94 bits per heavy atom. The van der Waals surface area contributed by atoms with Gasteiger partial charge in [-0.2, -0.15) is 0 Å². The Kier molecular flexibility index (Phi) is 6.76. The maximum atomic E-state index is 11.8. The van der Waals surface area contributed by atoms with Crippen LogP contribution >= 0.6 is 0 Å². The van der Waals surface area contributed by atoms with Crippen LogP contribution in [0.25, 0.3) is 0 Å². The molecule has 0 spiro atoms. The van der Waals surface area contributed by atoms with Crippen molar-refractivity contribution in [2.45, 2.75) is 70.8 Å². The van der Waals surface area contributed by atoms with Gasteiger partial charge in [-0.05, 0) is 38.5 Å². The van der Waals surface area contributed by atoms with Gasteiger partial charge < -0.3 is 10.4 Å². The molecule has 1 aliphatic carbocycles. The number of carbonyl (C=O) groups excluding carboxylic acids is 1. The van der Waals surface area contributed by atoms with E-state index in [9.17, 15) is 9.59 Å². The van der Waals surface area contributed by atoms with Crippen LogP contribution in [0.15, 0.2) is 0 Å². The summed E-state index contributed by atoms with van der Waals surface area (Å²) in [6, 6.07) is 0.0837. The monoisotopic (exact) mass is 255 g/mol. The van der Waals surface area contributed by atoms with Crippen LogP contribution in [0.4, 0.5) is 0 Å². The highest BCUT2D eigenvalue weighted by molar-refractivity contribution is 5.76. The topological polar surface area (TPSA) is 66.4 Å². The van der Waals surface area contributed by atoms with Gasteiger partial charge in [-0.15, -0.1) is 0 Å². The molecule has 0 aromatic rings. The molecule has 0 radical (unpaired) electrons. The molecule has 1 unspecified atom stereocenters. The van der Waals surface area contributed by atoms with Gasteiger partial charge in [0.05, 0.1) is 0 Å². The molecule has 4 heteroatoms. The van der Waals surface area contributed by atoms with E-state index in [2.05, 4.69) is 5.32 Å². The predicted molar refractivity (Wildman–Crippen MR) is 70.3 cm³/mol. The van der Waals surface area contributed by atoms with Crippen LogP contribution < -0.4 is 5.32 Å². The summed E-state index contributed by atoms with van der Waals surface area (Å²) in [7, 11) is 0. The molecule has 18 heavy (non-hydrogen) atoms. The Hall–Kier alpha value is -1.06. The maximum Gasteiger partial charge on any atom is 0.303 e. The molecular weight excluding hydrogens is 230 g/mol. The van der Waals surface area contributed by atoms with Crippen molar-refractivity contribution < 1.29 is 14.7 Å². The van der Waals surface area contributed by atoms with Crippen LogP contribution in [-0.2, 0) is 9.59 Å². The first kappa shape index (κ1) is 15.0. The first-order valence-corrected chi connectivity index (χ1v) is 7.09. The SMILES string of the molecule is CC(CCCC(=O)O)NC(=O)CC1CCCCC1. The van der Waals surface area contributed by atoms with E-state index in [-0.39, 0.29) is 18.4 Å². The van der Waals surface area contributed by atoms with E-state index in [0.29, 0.717) is 18.8 Å². The normalized spacial score (nSPS) is 18.3.